The molecule has 1 N–H and O–H groups in total. The molecule has 0 aromatic heterocycles. The molecule has 1 aromatic rings. The second kappa shape index (κ2) is 5.98. The number of benzene rings is 1. The third kappa shape index (κ3) is 3.78. The second-order valence-corrected chi connectivity index (χ2v) is 7.05. The van der Waals surface area contributed by atoms with E-state index in [1.807, 2.05) is 0 Å². The van der Waals surface area contributed by atoms with Gasteiger partial charge in [-0.1, -0.05) is 12.1 Å². The van der Waals surface area contributed by atoms with E-state index in [2.05, 4.69) is 39.4 Å². The standard InChI is InChI=1S/C18H27N3/c1-2-16(1)14-20-9-11-21(12-10-20)18-7-3-15(4-8-18)13-19-17-5-6-17/h3-4,7-8,16-17,19H,1-2,5-6,9-14H2. The third-order valence-electron chi connectivity index (χ3n) is 5.06. The van der Waals surface area contributed by atoms with Crippen LogP contribution in [0.15, 0.2) is 24.3 Å². The van der Waals surface area contributed by atoms with Crippen molar-refractivity contribution in [3.05, 3.63) is 29.8 Å². The zero-order chi connectivity index (χ0) is 14.1. The fourth-order valence-corrected chi connectivity index (χ4v) is 3.23. The quantitative estimate of drug-likeness (QED) is 0.866. The van der Waals surface area contributed by atoms with Gasteiger partial charge in [-0.25, -0.2) is 0 Å². The van der Waals surface area contributed by atoms with Crippen molar-refractivity contribution < 1.29 is 0 Å². The molecule has 2 saturated carbocycles. The van der Waals surface area contributed by atoms with Crippen LogP contribution in [-0.4, -0.2) is 43.7 Å². The van der Waals surface area contributed by atoms with Crippen molar-refractivity contribution in [1.29, 1.82) is 0 Å². The minimum atomic E-state index is 0.796. The van der Waals surface area contributed by atoms with Crippen LogP contribution in [-0.2, 0) is 6.54 Å². The van der Waals surface area contributed by atoms with Gasteiger partial charge in [0, 0.05) is 51.0 Å². The van der Waals surface area contributed by atoms with Crippen LogP contribution in [0.3, 0.4) is 0 Å². The van der Waals surface area contributed by atoms with Crippen LogP contribution in [0.4, 0.5) is 5.69 Å². The number of piperazine rings is 1. The largest absolute Gasteiger partial charge is 0.369 e. The molecule has 0 amide bonds. The molecule has 0 radical (unpaired) electrons. The van der Waals surface area contributed by atoms with Crippen molar-refractivity contribution in [3.8, 4) is 0 Å². The Hall–Kier alpha value is -1.06. The van der Waals surface area contributed by atoms with Crippen LogP contribution >= 0.6 is 0 Å². The minimum absolute atomic E-state index is 0.796. The van der Waals surface area contributed by atoms with Crippen molar-refractivity contribution in [2.24, 2.45) is 5.92 Å². The fraction of sp³-hybridized carbons (Fsp3) is 0.667. The van der Waals surface area contributed by atoms with Gasteiger partial charge in [-0.3, -0.25) is 4.90 Å². The summed E-state index contributed by atoms with van der Waals surface area (Å²) in [7, 11) is 0. The molecule has 2 aliphatic carbocycles. The molecule has 21 heavy (non-hydrogen) atoms. The Kier molecular flexibility index (Phi) is 3.87. The van der Waals surface area contributed by atoms with E-state index in [0.717, 1.165) is 18.5 Å². The molecule has 0 bridgehead atoms. The first-order chi connectivity index (χ1) is 10.4. The zero-order valence-electron chi connectivity index (χ0n) is 12.9. The lowest BCUT2D eigenvalue weighted by atomic mass is 10.1. The lowest BCUT2D eigenvalue weighted by Gasteiger charge is -2.36. The van der Waals surface area contributed by atoms with E-state index in [1.54, 1.807) is 0 Å². The van der Waals surface area contributed by atoms with E-state index in [9.17, 15) is 0 Å². The second-order valence-electron chi connectivity index (χ2n) is 7.05. The molecule has 0 unspecified atom stereocenters. The Morgan fingerprint density at radius 1 is 0.905 bits per heavy atom. The Bertz CT molecular complexity index is 454. The van der Waals surface area contributed by atoms with Gasteiger partial charge >= 0.3 is 0 Å². The molecule has 3 aliphatic rings. The Labute approximate surface area is 128 Å². The van der Waals surface area contributed by atoms with Crippen LogP contribution in [0.5, 0.6) is 0 Å². The summed E-state index contributed by atoms with van der Waals surface area (Å²) in [5, 5.41) is 3.58. The zero-order valence-corrected chi connectivity index (χ0v) is 12.9. The number of nitrogens with one attached hydrogen (secondary N) is 1. The maximum Gasteiger partial charge on any atom is 0.0367 e. The normalized spacial score (nSPS) is 23.5. The highest BCUT2D eigenvalue weighted by molar-refractivity contribution is 5.48. The van der Waals surface area contributed by atoms with Gasteiger partial charge < -0.3 is 10.2 Å². The van der Waals surface area contributed by atoms with Gasteiger partial charge in [0.25, 0.3) is 0 Å². The van der Waals surface area contributed by atoms with Crippen molar-refractivity contribution in [2.75, 3.05) is 37.6 Å². The number of anilines is 1. The van der Waals surface area contributed by atoms with E-state index < -0.39 is 0 Å². The molecule has 1 aromatic carbocycles. The summed E-state index contributed by atoms with van der Waals surface area (Å²) in [4.78, 5) is 5.20. The van der Waals surface area contributed by atoms with Crippen molar-refractivity contribution in [2.45, 2.75) is 38.3 Å². The van der Waals surface area contributed by atoms with E-state index >= 15 is 0 Å². The highest BCUT2D eigenvalue weighted by Crippen LogP contribution is 2.30. The summed E-state index contributed by atoms with van der Waals surface area (Å²) in [6, 6.07) is 9.99. The van der Waals surface area contributed by atoms with Gasteiger partial charge in [0.15, 0.2) is 0 Å². The summed E-state index contributed by atoms with van der Waals surface area (Å²) in [5.41, 5.74) is 2.81. The number of rotatable bonds is 6. The third-order valence-corrected chi connectivity index (χ3v) is 5.06. The summed E-state index contributed by atoms with van der Waals surface area (Å²) >= 11 is 0. The van der Waals surface area contributed by atoms with Gasteiger partial charge in [0.1, 0.15) is 0 Å². The monoisotopic (exact) mass is 285 g/mol. The van der Waals surface area contributed by atoms with E-state index in [4.69, 9.17) is 0 Å². The lowest BCUT2D eigenvalue weighted by Crippen LogP contribution is -2.47. The molecular weight excluding hydrogens is 258 g/mol. The van der Waals surface area contributed by atoms with Crippen LogP contribution < -0.4 is 10.2 Å². The SMILES string of the molecule is c1cc(N2CCN(CC3CC3)CC2)ccc1CNC1CC1. The highest BCUT2D eigenvalue weighted by Gasteiger charge is 2.26. The highest BCUT2D eigenvalue weighted by atomic mass is 15.3. The summed E-state index contributed by atoms with van der Waals surface area (Å²) < 4.78 is 0. The first kappa shape index (κ1) is 13.6. The minimum Gasteiger partial charge on any atom is -0.369 e. The fourth-order valence-electron chi connectivity index (χ4n) is 3.23. The summed E-state index contributed by atoms with van der Waals surface area (Å²) in [6.07, 6.45) is 5.67. The molecule has 1 saturated heterocycles. The average Bonchev–Trinajstić information content (AvgIpc) is 3.42. The molecular formula is C18H27N3. The first-order valence-electron chi connectivity index (χ1n) is 8.66. The molecule has 3 heteroatoms. The van der Waals surface area contributed by atoms with Crippen LogP contribution in [0.1, 0.15) is 31.2 Å². The molecule has 1 heterocycles. The molecule has 3 fully saturated rings. The maximum absolute atomic E-state index is 3.58. The predicted molar refractivity (Wildman–Crippen MR) is 87.7 cm³/mol. The maximum atomic E-state index is 3.58. The van der Waals surface area contributed by atoms with E-state index in [0.29, 0.717) is 0 Å². The number of nitrogens with zero attached hydrogens (tertiary/aromatic N) is 2. The van der Waals surface area contributed by atoms with Gasteiger partial charge in [-0.2, -0.15) is 0 Å². The Balaban J connectivity index is 1.27. The molecule has 4 rings (SSSR count). The summed E-state index contributed by atoms with van der Waals surface area (Å²) in [6.45, 7) is 7.22. The Morgan fingerprint density at radius 2 is 1.62 bits per heavy atom. The van der Waals surface area contributed by atoms with Gasteiger partial charge in [-0.15, -0.1) is 0 Å². The van der Waals surface area contributed by atoms with Gasteiger partial charge in [0.05, 0.1) is 0 Å². The summed E-state index contributed by atoms with van der Waals surface area (Å²) in [5.74, 6) is 1.02. The molecule has 1 aliphatic heterocycles. The van der Waals surface area contributed by atoms with E-state index in [1.165, 1.54) is 69.7 Å². The molecule has 0 spiro atoms. The number of hydrogen-bond acceptors (Lipinski definition) is 3. The van der Waals surface area contributed by atoms with Gasteiger partial charge in [-0.05, 0) is 49.3 Å². The van der Waals surface area contributed by atoms with Gasteiger partial charge in [0.2, 0.25) is 0 Å². The van der Waals surface area contributed by atoms with Crippen LogP contribution in [0.25, 0.3) is 0 Å². The topological polar surface area (TPSA) is 18.5 Å². The molecule has 0 atom stereocenters. The first-order valence-corrected chi connectivity index (χ1v) is 8.66. The smallest absolute Gasteiger partial charge is 0.0367 e. The van der Waals surface area contributed by atoms with E-state index in [-0.39, 0.29) is 0 Å². The van der Waals surface area contributed by atoms with Crippen LogP contribution in [0.2, 0.25) is 0 Å². The molecule has 3 nitrogen and oxygen atoms in total. The molecule has 114 valence electrons. The lowest BCUT2D eigenvalue weighted by molar-refractivity contribution is 0.248. The Morgan fingerprint density at radius 3 is 2.24 bits per heavy atom. The van der Waals surface area contributed by atoms with Crippen molar-refractivity contribution in [1.82, 2.24) is 10.2 Å². The predicted octanol–water partition coefficient (Wildman–Crippen LogP) is 2.47. The number of hydrogen-bond donors (Lipinski definition) is 1. The average molecular weight is 285 g/mol. The van der Waals surface area contributed by atoms with Crippen molar-refractivity contribution in [3.63, 3.8) is 0 Å². The van der Waals surface area contributed by atoms with Crippen molar-refractivity contribution >= 4 is 5.69 Å². The van der Waals surface area contributed by atoms with Crippen LogP contribution in [0, 0.1) is 5.92 Å².